The van der Waals surface area contributed by atoms with Crippen molar-refractivity contribution in [2.75, 3.05) is 39.1 Å². The first-order chi connectivity index (χ1) is 13.7. The Morgan fingerprint density at radius 3 is 1.96 bits per heavy atom. The molecule has 146 valence electrons. The zero-order chi connectivity index (χ0) is 19.9. The standard InChI is InChI=1S/C20H22N4O4/c1-25-15-7-5-13(6-8-15)22-18-9-10-21-20(24-18)23-14-11-16(26-2)19(28-4)17(12-14)27-3/h5-12H,1-4H3,(H2,21,22,23,24). The van der Waals surface area contributed by atoms with Gasteiger partial charge >= 0.3 is 0 Å². The summed E-state index contributed by atoms with van der Waals surface area (Å²) < 4.78 is 21.2. The zero-order valence-electron chi connectivity index (χ0n) is 16.1. The minimum absolute atomic E-state index is 0.424. The molecule has 0 saturated heterocycles. The van der Waals surface area contributed by atoms with Crippen molar-refractivity contribution in [3.63, 3.8) is 0 Å². The second-order valence-corrected chi connectivity index (χ2v) is 5.66. The maximum absolute atomic E-state index is 5.37. The molecule has 0 amide bonds. The van der Waals surface area contributed by atoms with Crippen molar-refractivity contribution in [3.8, 4) is 23.0 Å². The van der Waals surface area contributed by atoms with E-state index in [1.165, 1.54) is 0 Å². The van der Waals surface area contributed by atoms with E-state index >= 15 is 0 Å². The molecule has 1 aromatic heterocycles. The predicted molar refractivity (Wildman–Crippen MR) is 108 cm³/mol. The molecule has 3 rings (SSSR count). The number of ether oxygens (including phenoxy) is 4. The van der Waals surface area contributed by atoms with Gasteiger partial charge in [0.15, 0.2) is 11.5 Å². The van der Waals surface area contributed by atoms with Crippen molar-refractivity contribution >= 4 is 23.1 Å². The normalized spacial score (nSPS) is 10.1. The highest BCUT2D eigenvalue weighted by Gasteiger charge is 2.14. The molecule has 28 heavy (non-hydrogen) atoms. The van der Waals surface area contributed by atoms with Crippen LogP contribution in [0.3, 0.4) is 0 Å². The van der Waals surface area contributed by atoms with E-state index in [2.05, 4.69) is 20.6 Å². The number of hydrogen-bond donors (Lipinski definition) is 2. The number of nitrogens with zero attached hydrogens (tertiary/aromatic N) is 2. The number of methoxy groups -OCH3 is 4. The van der Waals surface area contributed by atoms with Crippen LogP contribution in [0.2, 0.25) is 0 Å². The zero-order valence-corrected chi connectivity index (χ0v) is 16.1. The molecule has 0 fully saturated rings. The second kappa shape index (κ2) is 8.81. The topological polar surface area (TPSA) is 86.8 Å². The summed E-state index contributed by atoms with van der Waals surface area (Å²) in [6.07, 6.45) is 1.67. The number of rotatable bonds is 8. The fourth-order valence-electron chi connectivity index (χ4n) is 2.59. The van der Waals surface area contributed by atoms with E-state index in [-0.39, 0.29) is 0 Å². The highest BCUT2D eigenvalue weighted by atomic mass is 16.5. The van der Waals surface area contributed by atoms with Crippen LogP contribution in [-0.4, -0.2) is 38.4 Å². The van der Waals surface area contributed by atoms with Gasteiger partial charge in [0, 0.05) is 29.7 Å². The summed E-state index contributed by atoms with van der Waals surface area (Å²) >= 11 is 0. The molecule has 0 aliphatic heterocycles. The molecular weight excluding hydrogens is 360 g/mol. The van der Waals surface area contributed by atoms with E-state index in [1.54, 1.807) is 52.8 Å². The third-order valence-electron chi connectivity index (χ3n) is 3.94. The summed E-state index contributed by atoms with van der Waals surface area (Å²) in [4.78, 5) is 8.74. The Morgan fingerprint density at radius 1 is 0.714 bits per heavy atom. The minimum atomic E-state index is 0.424. The summed E-state index contributed by atoms with van der Waals surface area (Å²) in [7, 11) is 6.33. The molecule has 0 unspecified atom stereocenters. The van der Waals surface area contributed by atoms with Gasteiger partial charge in [0.05, 0.1) is 28.4 Å². The lowest BCUT2D eigenvalue weighted by Gasteiger charge is -2.15. The average Bonchev–Trinajstić information content (AvgIpc) is 2.73. The largest absolute Gasteiger partial charge is 0.497 e. The van der Waals surface area contributed by atoms with Crippen molar-refractivity contribution in [1.82, 2.24) is 9.97 Å². The van der Waals surface area contributed by atoms with Crippen molar-refractivity contribution in [2.45, 2.75) is 0 Å². The maximum atomic E-state index is 5.37. The fourth-order valence-corrected chi connectivity index (χ4v) is 2.59. The molecule has 8 nitrogen and oxygen atoms in total. The molecule has 0 spiro atoms. The SMILES string of the molecule is COc1ccc(Nc2ccnc(Nc3cc(OC)c(OC)c(OC)c3)n2)cc1. The van der Waals surface area contributed by atoms with Gasteiger partial charge in [0.1, 0.15) is 11.6 Å². The number of nitrogens with one attached hydrogen (secondary N) is 2. The van der Waals surface area contributed by atoms with Crippen LogP contribution in [0.25, 0.3) is 0 Å². The second-order valence-electron chi connectivity index (χ2n) is 5.66. The number of anilines is 4. The van der Waals surface area contributed by atoms with Gasteiger partial charge < -0.3 is 29.6 Å². The molecule has 0 atom stereocenters. The first-order valence-corrected chi connectivity index (χ1v) is 8.48. The van der Waals surface area contributed by atoms with Crippen molar-refractivity contribution in [1.29, 1.82) is 0 Å². The lowest BCUT2D eigenvalue weighted by atomic mass is 10.2. The lowest BCUT2D eigenvalue weighted by Crippen LogP contribution is -2.02. The van der Waals surface area contributed by atoms with Crippen LogP contribution in [0.1, 0.15) is 0 Å². The van der Waals surface area contributed by atoms with Crippen LogP contribution >= 0.6 is 0 Å². The van der Waals surface area contributed by atoms with E-state index in [0.717, 1.165) is 11.4 Å². The molecule has 0 aliphatic carbocycles. The third kappa shape index (κ3) is 4.35. The molecule has 1 heterocycles. The molecule has 0 radical (unpaired) electrons. The molecule has 3 aromatic rings. The summed E-state index contributed by atoms with van der Waals surface area (Å²) in [5, 5.41) is 6.38. The lowest BCUT2D eigenvalue weighted by molar-refractivity contribution is 0.324. The van der Waals surface area contributed by atoms with Gasteiger partial charge in [-0.05, 0) is 30.3 Å². The summed E-state index contributed by atoms with van der Waals surface area (Å²) in [6.45, 7) is 0. The Hall–Kier alpha value is -3.68. The minimum Gasteiger partial charge on any atom is -0.497 e. The van der Waals surface area contributed by atoms with E-state index in [4.69, 9.17) is 18.9 Å². The van der Waals surface area contributed by atoms with Crippen LogP contribution in [0.4, 0.5) is 23.1 Å². The molecule has 0 bridgehead atoms. The smallest absolute Gasteiger partial charge is 0.229 e. The van der Waals surface area contributed by atoms with Gasteiger partial charge in [0.2, 0.25) is 11.7 Å². The Balaban J connectivity index is 1.80. The Kier molecular flexibility index (Phi) is 6.01. The van der Waals surface area contributed by atoms with Crippen LogP contribution < -0.4 is 29.6 Å². The van der Waals surface area contributed by atoms with Gasteiger partial charge in [-0.25, -0.2) is 4.98 Å². The maximum Gasteiger partial charge on any atom is 0.229 e. The number of benzene rings is 2. The third-order valence-corrected chi connectivity index (χ3v) is 3.94. The van der Waals surface area contributed by atoms with Crippen LogP contribution in [0.5, 0.6) is 23.0 Å². The van der Waals surface area contributed by atoms with E-state index in [1.807, 2.05) is 24.3 Å². The monoisotopic (exact) mass is 382 g/mol. The molecule has 8 heteroatoms. The molecule has 2 aromatic carbocycles. The number of aromatic nitrogens is 2. The van der Waals surface area contributed by atoms with Gasteiger partial charge in [0.25, 0.3) is 0 Å². The van der Waals surface area contributed by atoms with Crippen LogP contribution in [-0.2, 0) is 0 Å². The summed E-state index contributed by atoms with van der Waals surface area (Å²) in [5.74, 6) is 3.46. The van der Waals surface area contributed by atoms with Crippen LogP contribution in [0.15, 0.2) is 48.7 Å². The van der Waals surface area contributed by atoms with Gasteiger partial charge in [-0.3, -0.25) is 0 Å². The molecule has 0 aliphatic rings. The van der Waals surface area contributed by atoms with Crippen molar-refractivity contribution < 1.29 is 18.9 Å². The fraction of sp³-hybridized carbons (Fsp3) is 0.200. The Bertz CT molecular complexity index is 907. The van der Waals surface area contributed by atoms with Gasteiger partial charge in [-0.15, -0.1) is 0 Å². The van der Waals surface area contributed by atoms with Crippen LogP contribution in [0, 0.1) is 0 Å². The first kappa shape index (κ1) is 19.1. The Labute approximate surface area is 163 Å². The first-order valence-electron chi connectivity index (χ1n) is 8.48. The number of hydrogen-bond acceptors (Lipinski definition) is 8. The van der Waals surface area contributed by atoms with E-state index in [0.29, 0.717) is 34.7 Å². The Morgan fingerprint density at radius 2 is 1.39 bits per heavy atom. The summed E-state index contributed by atoms with van der Waals surface area (Å²) in [5.41, 5.74) is 1.59. The van der Waals surface area contributed by atoms with Gasteiger partial charge in [-0.2, -0.15) is 4.98 Å². The van der Waals surface area contributed by atoms with E-state index in [9.17, 15) is 0 Å². The predicted octanol–water partition coefficient (Wildman–Crippen LogP) is 4.00. The molecule has 2 N–H and O–H groups in total. The van der Waals surface area contributed by atoms with Crippen molar-refractivity contribution in [2.24, 2.45) is 0 Å². The highest BCUT2D eigenvalue weighted by Crippen LogP contribution is 2.40. The quantitative estimate of drug-likeness (QED) is 0.605. The van der Waals surface area contributed by atoms with Gasteiger partial charge in [-0.1, -0.05) is 0 Å². The summed E-state index contributed by atoms with van der Waals surface area (Å²) in [6, 6.07) is 12.9. The molecular formula is C20H22N4O4. The van der Waals surface area contributed by atoms with Crippen molar-refractivity contribution in [3.05, 3.63) is 48.7 Å². The molecule has 0 saturated carbocycles. The highest BCUT2D eigenvalue weighted by molar-refractivity contribution is 5.66. The average molecular weight is 382 g/mol. The van der Waals surface area contributed by atoms with E-state index < -0.39 is 0 Å².